The summed E-state index contributed by atoms with van der Waals surface area (Å²) in [7, 11) is 1.56. The van der Waals surface area contributed by atoms with Gasteiger partial charge in [0.25, 0.3) is 5.56 Å². The first-order valence-corrected chi connectivity index (χ1v) is 3.80. The van der Waals surface area contributed by atoms with Crippen molar-refractivity contribution in [1.29, 1.82) is 0 Å². The third-order valence-electron chi connectivity index (χ3n) is 1.91. The minimum atomic E-state index is -0.359. The summed E-state index contributed by atoms with van der Waals surface area (Å²) in [6.07, 6.45) is 1.47. The summed E-state index contributed by atoms with van der Waals surface area (Å²) in [6.45, 7) is 0. The van der Waals surface area contributed by atoms with E-state index in [9.17, 15) is 9.18 Å². The predicted molar refractivity (Wildman–Crippen MR) is 46.9 cm³/mol. The predicted octanol–water partition coefficient (Wildman–Crippen LogP) is 1.07. The smallest absolute Gasteiger partial charge is 0.267 e. The molecule has 0 radical (unpaired) electrons. The molecule has 3 nitrogen and oxygen atoms in total. The molecule has 0 aliphatic heterocycles. The van der Waals surface area contributed by atoms with Crippen LogP contribution in [0.15, 0.2) is 29.2 Å². The molecule has 2 rings (SSSR count). The van der Waals surface area contributed by atoms with E-state index in [0.717, 1.165) is 0 Å². The van der Waals surface area contributed by atoms with Crippen LogP contribution < -0.4 is 5.56 Å². The zero-order valence-corrected chi connectivity index (χ0v) is 6.99. The molecule has 0 unspecified atom stereocenters. The average molecular weight is 178 g/mol. The maximum atomic E-state index is 12.7. The number of rotatable bonds is 0. The Hall–Kier alpha value is -1.71. The second kappa shape index (κ2) is 2.65. The number of fused-ring (bicyclic) bond motifs is 1. The molecule has 0 aliphatic rings. The molecule has 1 aromatic heterocycles. The van der Waals surface area contributed by atoms with E-state index in [1.807, 2.05) is 0 Å². The van der Waals surface area contributed by atoms with Crippen LogP contribution in [0.5, 0.6) is 0 Å². The van der Waals surface area contributed by atoms with Crippen LogP contribution in [-0.4, -0.2) is 9.78 Å². The molecule has 0 amide bonds. The molecule has 1 heterocycles. The number of hydrogen-bond acceptors (Lipinski definition) is 2. The Kier molecular flexibility index (Phi) is 1.62. The Morgan fingerprint density at radius 3 is 3.00 bits per heavy atom. The van der Waals surface area contributed by atoms with Gasteiger partial charge in [-0.25, -0.2) is 9.07 Å². The van der Waals surface area contributed by atoms with Crippen LogP contribution in [0.2, 0.25) is 0 Å². The van der Waals surface area contributed by atoms with Crippen molar-refractivity contribution in [1.82, 2.24) is 9.78 Å². The topological polar surface area (TPSA) is 34.9 Å². The Morgan fingerprint density at radius 1 is 1.46 bits per heavy atom. The normalized spacial score (nSPS) is 10.6. The van der Waals surface area contributed by atoms with Gasteiger partial charge in [0.05, 0.1) is 11.6 Å². The van der Waals surface area contributed by atoms with Gasteiger partial charge in [-0.2, -0.15) is 5.10 Å². The van der Waals surface area contributed by atoms with Crippen molar-refractivity contribution in [3.63, 3.8) is 0 Å². The lowest BCUT2D eigenvalue weighted by Gasteiger charge is -1.98. The van der Waals surface area contributed by atoms with E-state index in [-0.39, 0.29) is 11.4 Å². The fourth-order valence-electron chi connectivity index (χ4n) is 1.21. The minimum Gasteiger partial charge on any atom is -0.267 e. The molecule has 0 saturated carbocycles. The van der Waals surface area contributed by atoms with Crippen LogP contribution in [0.25, 0.3) is 10.8 Å². The lowest BCUT2D eigenvalue weighted by Crippen LogP contribution is -2.18. The number of halogens is 1. The summed E-state index contributed by atoms with van der Waals surface area (Å²) >= 11 is 0. The molecule has 0 bridgehead atoms. The molecule has 0 spiro atoms. The second-order valence-corrected chi connectivity index (χ2v) is 2.80. The van der Waals surface area contributed by atoms with Gasteiger partial charge in [0, 0.05) is 12.4 Å². The fourth-order valence-corrected chi connectivity index (χ4v) is 1.21. The van der Waals surface area contributed by atoms with E-state index in [4.69, 9.17) is 0 Å². The first-order valence-electron chi connectivity index (χ1n) is 3.80. The van der Waals surface area contributed by atoms with Gasteiger partial charge in [-0.05, 0) is 18.2 Å². The van der Waals surface area contributed by atoms with Gasteiger partial charge in [0.15, 0.2) is 0 Å². The summed E-state index contributed by atoms with van der Waals surface area (Å²) in [5.41, 5.74) is -0.211. The molecule has 0 saturated heterocycles. The van der Waals surface area contributed by atoms with Gasteiger partial charge in [-0.15, -0.1) is 0 Å². The quantitative estimate of drug-likeness (QED) is 0.604. The molecule has 13 heavy (non-hydrogen) atoms. The van der Waals surface area contributed by atoms with Gasteiger partial charge in [-0.1, -0.05) is 0 Å². The maximum Gasteiger partial charge on any atom is 0.274 e. The number of aryl methyl sites for hydroxylation is 1. The van der Waals surface area contributed by atoms with E-state index in [2.05, 4.69) is 5.10 Å². The highest BCUT2D eigenvalue weighted by Gasteiger charge is 2.01. The van der Waals surface area contributed by atoms with Crippen LogP contribution in [0.1, 0.15) is 0 Å². The van der Waals surface area contributed by atoms with Gasteiger partial charge < -0.3 is 0 Å². The summed E-state index contributed by atoms with van der Waals surface area (Å²) < 4.78 is 14.0. The van der Waals surface area contributed by atoms with Crippen molar-refractivity contribution in [3.8, 4) is 0 Å². The Balaban J connectivity index is 2.95. The highest BCUT2D eigenvalue weighted by molar-refractivity contribution is 5.80. The number of hydrogen-bond donors (Lipinski definition) is 0. The van der Waals surface area contributed by atoms with Crippen LogP contribution in [0, 0.1) is 5.82 Å². The zero-order valence-electron chi connectivity index (χ0n) is 6.99. The van der Waals surface area contributed by atoms with Gasteiger partial charge in [0.2, 0.25) is 0 Å². The van der Waals surface area contributed by atoms with E-state index in [1.165, 1.54) is 29.1 Å². The lowest BCUT2D eigenvalue weighted by molar-refractivity contribution is 0.629. The SMILES string of the molecule is Cn1ncc2cc(F)ccc2c1=O. The monoisotopic (exact) mass is 178 g/mol. The molecule has 0 atom stereocenters. The highest BCUT2D eigenvalue weighted by atomic mass is 19.1. The summed E-state index contributed by atoms with van der Waals surface area (Å²) in [5.74, 6) is -0.359. The van der Waals surface area contributed by atoms with Crippen LogP contribution >= 0.6 is 0 Å². The standard InChI is InChI=1S/C9H7FN2O/c1-12-9(13)8-3-2-7(10)4-6(8)5-11-12/h2-5H,1H3. The Bertz CT molecular complexity index is 518. The molecule has 2 aromatic rings. The van der Waals surface area contributed by atoms with Crippen molar-refractivity contribution in [3.05, 3.63) is 40.6 Å². The zero-order chi connectivity index (χ0) is 9.42. The third-order valence-corrected chi connectivity index (χ3v) is 1.91. The first-order chi connectivity index (χ1) is 6.18. The van der Waals surface area contributed by atoms with Crippen LogP contribution in [-0.2, 0) is 7.05 Å². The number of nitrogens with zero attached hydrogens (tertiary/aromatic N) is 2. The molecule has 0 fully saturated rings. The summed E-state index contributed by atoms with van der Waals surface area (Å²) in [6, 6.07) is 4.03. The van der Waals surface area contributed by atoms with Crippen LogP contribution in [0.3, 0.4) is 0 Å². The molecule has 66 valence electrons. The van der Waals surface area contributed by atoms with Gasteiger partial charge >= 0.3 is 0 Å². The van der Waals surface area contributed by atoms with Gasteiger partial charge in [-0.3, -0.25) is 4.79 Å². The number of benzene rings is 1. The van der Waals surface area contributed by atoms with Crippen molar-refractivity contribution in [2.24, 2.45) is 7.05 Å². The second-order valence-electron chi connectivity index (χ2n) is 2.80. The van der Waals surface area contributed by atoms with Crippen molar-refractivity contribution >= 4 is 10.8 Å². The van der Waals surface area contributed by atoms with E-state index in [0.29, 0.717) is 10.8 Å². The average Bonchev–Trinajstić information content (AvgIpc) is 2.12. The van der Waals surface area contributed by atoms with Crippen LogP contribution in [0.4, 0.5) is 4.39 Å². The summed E-state index contributed by atoms with van der Waals surface area (Å²) in [4.78, 5) is 11.4. The molecular formula is C9H7FN2O. The molecule has 0 aliphatic carbocycles. The van der Waals surface area contributed by atoms with Gasteiger partial charge in [0.1, 0.15) is 5.82 Å². The lowest BCUT2D eigenvalue weighted by atomic mass is 10.2. The summed E-state index contributed by atoms with van der Waals surface area (Å²) in [5, 5.41) is 4.80. The third kappa shape index (κ3) is 1.20. The van der Waals surface area contributed by atoms with Crippen molar-refractivity contribution in [2.75, 3.05) is 0 Å². The first kappa shape index (κ1) is 7.91. The van der Waals surface area contributed by atoms with E-state index < -0.39 is 0 Å². The minimum absolute atomic E-state index is 0.211. The van der Waals surface area contributed by atoms with Crippen molar-refractivity contribution in [2.45, 2.75) is 0 Å². The number of aromatic nitrogens is 2. The Morgan fingerprint density at radius 2 is 2.23 bits per heavy atom. The molecular weight excluding hydrogens is 171 g/mol. The Labute approximate surface area is 73.4 Å². The molecule has 1 aromatic carbocycles. The largest absolute Gasteiger partial charge is 0.274 e. The molecule has 4 heteroatoms. The fraction of sp³-hybridized carbons (Fsp3) is 0.111. The molecule has 0 N–H and O–H groups in total. The van der Waals surface area contributed by atoms with E-state index >= 15 is 0 Å². The maximum absolute atomic E-state index is 12.7. The van der Waals surface area contributed by atoms with E-state index in [1.54, 1.807) is 7.05 Å². The highest BCUT2D eigenvalue weighted by Crippen LogP contribution is 2.09. The van der Waals surface area contributed by atoms with Crippen molar-refractivity contribution < 1.29 is 4.39 Å².